The monoisotopic (exact) mass is 493 g/mol. The summed E-state index contributed by atoms with van der Waals surface area (Å²) < 4.78 is 37.9. The van der Waals surface area contributed by atoms with Crippen molar-refractivity contribution in [1.29, 1.82) is 0 Å². The van der Waals surface area contributed by atoms with Crippen LogP contribution in [0.25, 0.3) is 10.2 Å². The lowest BCUT2D eigenvalue weighted by molar-refractivity contribution is -0.384. The van der Waals surface area contributed by atoms with Crippen LogP contribution >= 0.6 is 11.3 Å². The van der Waals surface area contributed by atoms with Crippen molar-refractivity contribution in [1.82, 2.24) is 4.57 Å². The second-order valence-corrected chi connectivity index (χ2v) is 10.0. The number of nitrogens with zero attached hydrogens (tertiary/aromatic N) is 3. The van der Waals surface area contributed by atoms with E-state index in [1.165, 1.54) is 54.8 Å². The lowest BCUT2D eigenvalue weighted by Crippen LogP contribution is -2.20. The van der Waals surface area contributed by atoms with Gasteiger partial charge in [0.25, 0.3) is 5.69 Å². The summed E-state index contributed by atoms with van der Waals surface area (Å²) in [6, 6.07) is 10.3. The van der Waals surface area contributed by atoms with Crippen molar-refractivity contribution in [2.75, 3.05) is 26.1 Å². The number of hydrogen-bond donors (Lipinski definition) is 0. The zero-order chi connectivity index (χ0) is 24.0. The number of thiazole rings is 1. The fourth-order valence-electron chi connectivity index (χ4n) is 3.06. The van der Waals surface area contributed by atoms with E-state index in [1.54, 1.807) is 10.6 Å². The second kappa shape index (κ2) is 10.7. The Hall–Kier alpha value is -3.09. The Balaban J connectivity index is 1.86. The molecule has 0 atom stereocenters. The molecule has 0 fully saturated rings. The van der Waals surface area contributed by atoms with Crippen LogP contribution in [0.3, 0.4) is 0 Å². The number of benzene rings is 2. The fourth-order valence-corrected chi connectivity index (χ4v) is 5.34. The molecule has 0 aliphatic rings. The predicted molar refractivity (Wildman–Crippen MR) is 123 cm³/mol. The van der Waals surface area contributed by atoms with E-state index in [9.17, 15) is 23.3 Å². The molecule has 33 heavy (non-hydrogen) atoms. The van der Waals surface area contributed by atoms with Crippen LogP contribution in [0.5, 0.6) is 5.75 Å². The molecule has 0 unspecified atom stereocenters. The number of carbonyl (C=O) groups excluding carboxylic acids is 1. The zero-order valence-corrected chi connectivity index (χ0v) is 19.7. The molecule has 0 aliphatic carbocycles. The Morgan fingerprint density at radius 1 is 1.21 bits per heavy atom. The highest BCUT2D eigenvalue weighted by molar-refractivity contribution is 7.91. The number of fused-ring (bicyclic) bond motifs is 1. The van der Waals surface area contributed by atoms with Gasteiger partial charge in [-0.2, -0.15) is 4.99 Å². The molecule has 0 saturated carbocycles. The minimum atomic E-state index is -3.67. The summed E-state index contributed by atoms with van der Waals surface area (Å²) in [6.45, 7) is 3.01. The largest absolute Gasteiger partial charge is 0.497 e. The summed E-state index contributed by atoms with van der Waals surface area (Å²) in [5.41, 5.74) is 0.486. The first-order valence-corrected chi connectivity index (χ1v) is 12.5. The fraction of sp³-hybridized carbons (Fsp3) is 0.333. The third kappa shape index (κ3) is 6.03. The number of carbonyl (C=O) groups is 1. The number of nitro benzene ring substituents is 1. The highest BCUT2D eigenvalue weighted by Gasteiger charge is 2.17. The van der Waals surface area contributed by atoms with Crippen molar-refractivity contribution in [2.24, 2.45) is 4.99 Å². The minimum Gasteiger partial charge on any atom is -0.497 e. The molecule has 0 radical (unpaired) electrons. The summed E-state index contributed by atoms with van der Waals surface area (Å²) in [7, 11) is -2.19. The first-order chi connectivity index (χ1) is 15.7. The molecule has 176 valence electrons. The number of nitro groups is 1. The molecule has 3 aromatic rings. The SMILES string of the molecule is CCOCCn1c(=NC(=O)CCS(=O)(=O)c2ccc(OC)cc2)sc2ccc([N+](=O)[O-])cc21. The average molecular weight is 494 g/mol. The molecule has 1 heterocycles. The van der Waals surface area contributed by atoms with Gasteiger partial charge in [-0.15, -0.1) is 0 Å². The van der Waals surface area contributed by atoms with Gasteiger partial charge in [-0.3, -0.25) is 14.9 Å². The van der Waals surface area contributed by atoms with Gasteiger partial charge in [0.2, 0.25) is 5.91 Å². The number of aromatic nitrogens is 1. The number of rotatable bonds is 10. The van der Waals surface area contributed by atoms with Crippen LogP contribution in [0.1, 0.15) is 13.3 Å². The first kappa shape index (κ1) is 24.6. The minimum absolute atomic E-state index is 0.0751. The summed E-state index contributed by atoms with van der Waals surface area (Å²) in [6.07, 6.45) is -0.297. The van der Waals surface area contributed by atoms with Crippen LogP contribution in [-0.2, 0) is 25.9 Å². The highest BCUT2D eigenvalue weighted by Crippen LogP contribution is 2.23. The van der Waals surface area contributed by atoms with Crippen LogP contribution in [0, 0.1) is 10.1 Å². The van der Waals surface area contributed by atoms with Gasteiger partial charge in [-0.05, 0) is 37.3 Å². The molecule has 0 saturated heterocycles. The van der Waals surface area contributed by atoms with Crippen molar-refractivity contribution in [2.45, 2.75) is 24.8 Å². The Labute approximate surface area is 194 Å². The van der Waals surface area contributed by atoms with Crippen LogP contribution in [0.15, 0.2) is 52.4 Å². The number of methoxy groups -OCH3 is 1. The van der Waals surface area contributed by atoms with Crippen molar-refractivity contribution in [3.8, 4) is 5.75 Å². The smallest absolute Gasteiger partial charge is 0.271 e. The standard InChI is InChI=1S/C21H23N3O7S2/c1-3-31-12-11-23-18-14-15(24(26)27)4-9-19(18)32-21(23)22-20(25)10-13-33(28,29)17-7-5-16(30-2)6-8-17/h4-9,14H,3,10-13H2,1-2H3. The van der Waals surface area contributed by atoms with Crippen molar-refractivity contribution < 1.29 is 27.6 Å². The maximum atomic E-state index is 12.6. The van der Waals surface area contributed by atoms with Crippen molar-refractivity contribution in [3.05, 3.63) is 57.4 Å². The van der Waals surface area contributed by atoms with Gasteiger partial charge in [0.15, 0.2) is 14.6 Å². The lowest BCUT2D eigenvalue weighted by Gasteiger charge is -2.06. The molecule has 0 spiro atoms. The molecule has 1 amide bonds. The molecular weight excluding hydrogens is 470 g/mol. The third-order valence-electron chi connectivity index (χ3n) is 4.76. The Morgan fingerprint density at radius 2 is 1.94 bits per heavy atom. The topological polar surface area (TPSA) is 130 Å². The molecule has 10 nitrogen and oxygen atoms in total. The van der Waals surface area contributed by atoms with E-state index in [-0.39, 0.29) is 17.0 Å². The van der Waals surface area contributed by atoms with E-state index in [2.05, 4.69) is 4.99 Å². The molecule has 0 bridgehead atoms. The number of non-ortho nitro benzene ring substituents is 1. The predicted octanol–water partition coefficient (Wildman–Crippen LogP) is 2.95. The Kier molecular flexibility index (Phi) is 7.95. The van der Waals surface area contributed by atoms with Crippen LogP contribution < -0.4 is 9.54 Å². The number of amides is 1. The van der Waals surface area contributed by atoms with E-state index in [1.807, 2.05) is 6.92 Å². The number of sulfone groups is 1. The van der Waals surface area contributed by atoms with Gasteiger partial charge >= 0.3 is 0 Å². The maximum Gasteiger partial charge on any atom is 0.271 e. The van der Waals surface area contributed by atoms with E-state index in [4.69, 9.17) is 9.47 Å². The summed E-state index contributed by atoms with van der Waals surface area (Å²) in [5.74, 6) is -0.461. The normalized spacial score (nSPS) is 12.2. The second-order valence-electron chi connectivity index (χ2n) is 6.89. The zero-order valence-electron chi connectivity index (χ0n) is 18.1. The molecule has 2 aromatic carbocycles. The van der Waals surface area contributed by atoms with Gasteiger partial charge < -0.3 is 14.0 Å². The summed E-state index contributed by atoms with van der Waals surface area (Å²) >= 11 is 1.20. The maximum absolute atomic E-state index is 12.6. The summed E-state index contributed by atoms with van der Waals surface area (Å²) in [5, 5.41) is 11.2. The van der Waals surface area contributed by atoms with Crippen molar-refractivity contribution >= 4 is 43.0 Å². The van der Waals surface area contributed by atoms with Gasteiger partial charge in [-0.25, -0.2) is 8.42 Å². The molecule has 12 heteroatoms. The average Bonchev–Trinajstić information content (AvgIpc) is 3.14. The van der Waals surface area contributed by atoms with Gasteiger partial charge in [0.1, 0.15) is 5.75 Å². The summed E-state index contributed by atoms with van der Waals surface area (Å²) in [4.78, 5) is 27.7. The van der Waals surface area contributed by atoms with Gasteiger partial charge in [-0.1, -0.05) is 11.3 Å². The number of hydrogen-bond acceptors (Lipinski definition) is 8. The molecular formula is C21H23N3O7S2. The highest BCUT2D eigenvalue weighted by atomic mass is 32.2. The Morgan fingerprint density at radius 3 is 2.58 bits per heavy atom. The molecule has 0 N–H and O–H groups in total. The molecule has 3 rings (SSSR count). The van der Waals surface area contributed by atoms with Crippen LogP contribution in [-0.4, -0.2) is 49.9 Å². The van der Waals surface area contributed by atoms with Gasteiger partial charge in [0.05, 0.1) is 39.5 Å². The van der Waals surface area contributed by atoms with Crippen LogP contribution in [0.2, 0.25) is 0 Å². The van der Waals surface area contributed by atoms with Crippen LogP contribution in [0.4, 0.5) is 5.69 Å². The first-order valence-electron chi connectivity index (χ1n) is 10.0. The van der Waals surface area contributed by atoms with E-state index in [0.717, 1.165) is 4.70 Å². The van der Waals surface area contributed by atoms with E-state index < -0.39 is 26.4 Å². The van der Waals surface area contributed by atoms with Gasteiger partial charge in [0, 0.05) is 31.7 Å². The Bertz CT molecular complexity index is 1330. The third-order valence-corrected chi connectivity index (χ3v) is 7.55. The number of ether oxygens (including phenoxy) is 2. The quantitative estimate of drug-likeness (QED) is 0.241. The lowest BCUT2D eigenvalue weighted by atomic mass is 10.3. The van der Waals surface area contributed by atoms with E-state index in [0.29, 0.717) is 35.8 Å². The van der Waals surface area contributed by atoms with Crippen molar-refractivity contribution in [3.63, 3.8) is 0 Å². The molecule has 1 aromatic heterocycles. The van der Waals surface area contributed by atoms with E-state index >= 15 is 0 Å². The molecule has 0 aliphatic heterocycles.